The molecule has 5 nitrogen and oxygen atoms in total. The van der Waals surface area contributed by atoms with E-state index in [1.54, 1.807) is 35.6 Å². The number of anilines is 2. The van der Waals surface area contributed by atoms with Crippen molar-refractivity contribution in [2.24, 2.45) is 0 Å². The van der Waals surface area contributed by atoms with Gasteiger partial charge in [0.25, 0.3) is 0 Å². The average molecular weight is 361 g/mol. The zero-order valence-corrected chi connectivity index (χ0v) is 14.7. The van der Waals surface area contributed by atoms with Crippen molar-refractivity contribution in [1.82, 2.24) is 9.97 Å². The number of rotatable bonds is 4. The van der Waals surface area contributed by atoms with E-state index in [4.69, 9.17) is 5.11 Å². The van der Waals surface area contributed by atoms with Crippen LogP contribution in [0.5, 0.6) is 0 Å². The second-order valence-corrected chi connectivity index (χ2v) is 6.85. The molecule has 4 rings (SSSR count). The van der Waals surface area contributed by atoms with Gasteiger partial charge in [0, 0.05) is 10.6 Å². The highest BCUT2D eigenvalue weighted by Crippen LogP contribution is 2.36. The Bertz CT molecular complexity index is 1090. The fourth-order valence-corrected chi connectivity index (χ4v) is 3.78. The molecule has 0 bridgehead atoms. The van der Waals surface area contributed by atoms with Gasteiger partial charge in [0.1, 0.15) is 16.5 Å². The number of benzene rings is 2. The lowest BCUT2D eigenvalue weighted by atomic mass is 10.2. The molecule has 2 aromatic heterocycles. The predicted molar refractivity (Wildman–Crippen MR) is 104 cm³/mol. The summed E-state index contributed by atoms with van der Waals surface area (Å²) in [6.45, 7) is 1.86. The Morgan fingerprint density at radius 3 is 2.46 bits per heavy atom. The number of nitrogens with zero attached hydrogens (tertiary/aromatic N) is 2. The Morgan fingerprint density at radius 2 is 1.77 bits per heavy atom. The first-order valence-corrected chi connectivity index (χ1v) is 8.86. The Balaban J connectivity index is 1.74. The van der Waals surface area contributed by atoms with Gasteiger partial charge in [-0.15, -0.1) is 11.3 Å². The van der Waals surface area contributed by atoms with Gasteiger partial charge in [-0.25, -0.2) is 14.8 Å². The first-order chi connectivity index (χ1) is 12.6. The van der Waals surface area contributed by atoms with Crippen LogP contribution in [0.4, 0.5) is 11.5 Å². The number of fused-ring (bicyclic) bond motifs is 1. The largest absolute Gasteiger partial charge is 0.478 e. The predicted octanol–water partition coefficient (Wildman–Crippen LogP) is 5.11. The highest BCUT2D eigenvalue weighted by molar-refractivity contribution is 7.21. The molecular formula is C20H15N3O2S. The van der Waals surface area contributed by atoms with Crippen LogP contribution in [0.3, 0.4) is 0 Å². The third-order valence-electron chi connectivity index (χ3n) is 3.96. The van der Waals surface area contributed by atoms with Gasteiger partial charge in [-0.2, -0.15) is 0 Å². The van der Waals surface area contributed by atoms with E-state index in [0.29, 0.717) is 11.6 Å². The lowest BCUT2D eigenvalue weighted by Crippen LogP contribution is -1.99. The second kappa shape index (κ2) is 6.57. The van der Waals surface area contributed by atoms with E-state index >= 15 is 0 Å². The van der Waals surface area contributed by atoms with Crippen molar-refractivity contribution < 1.29 is 9.90 Å². The van der Waals surface area contributed by atoms with E-state index in [1.165, 1.54) is 0 Å². The average Bonchev–Trinajstić information content (AvgIpc) is 3.07. The van der Waals surface area contributed by atoms with Crippen LogP contribution in [0, 0.1) is 6.92 Å². The van der Waals surface area contributed by atoms with Gasteiger partial charge in [-0.1, -0.05) is 30.3 Å². The number of carboxylic acid groups (broad SMARTS) is 1. The fourth-order valence-electron chi connectivity index (χ4n) is 2.70. The normalized spacial score (nSPS) is 10.8. The van der Waals surface area contributed by atoms with E-state index in [2.05, 4.69) is 33.5 Å². The number of nitrogens with one attached hydrogen (secondary N) is 1. The maximum atomic E-state index is 11.0. The quantitative estimate of drug-likeness (QED) is 0.528. The third-order valence-corrected chi connectivity index (χ3v) is 5.04. The van der Waals surface area contributed by atoms with E-state index in [9.17, 15) is 4.79 Å². The molecule has 0 saturated carbocycles. The summed E-state index contributed by atoms with van der Waals surface area (Å²) in [6.07, 6.45) is 0. The van der Waals surface area contributed by atoms with Crippen LogP contribution < -0.4 is 5.32 Å². The third kappa shape index (κ3) is 3.14. The van der Waals surface area contributed by atoms with Crippen LogP contribution >= 0.6 is 11.3 Å². The molecule has 26 heavy (non-hydrogen) atoms. The number of thiophene rings is 1. The summed E-state index contributed by atoms with van der Waals surface area (Å²) in [6, 6.07) is 18.9. The van der Waals surface area contributed by atoms with Gasteiger partial charge >= 0.3 is 5.97 Å². The van der Waals surface area contributed by atoms with Crippen molar-refractivity contribution in [3.8, 4) is 10.4 Å². The highest BCUT2D eigenvalue weighted by atomic mass is 32.1. The first kappa shape index (κ1) is 16.2. The van der Waals surface area contributed by atoms with E-state index in [0.717, 1.165) is 26.3 Å². The van der Waals surface area contributed by atoms with Crippen LogP contribution in [0.25, 0.3) is 20.7 Å². The van der Waals surface area contributed by atoms with Crippen molar-refractivity contribution >= 4 is 39.0 Å². The van der Waals surface area contributed by atoms with Gasteiger partial charge < -0.3 is 10.4 Å². The van der Waals surface area contributed by atoms with Crippen LogP contribution in [-0.2, 0) is 0 Å². The summed E-state index contributed by atoms with van der Waals surface area (Å²) in [5.41, 5.74) is 2.17. The van der Waals surface area contributed by atoms with Crippen molar-refractivity contribution in [3.63, 3.8) is 0 Å². The lowest BCUT2D eigenvalue weighted by molar-refractivity contribution is 0.0697. The minimum Gasteiger partial charge on any atom is -0.478 e. The summed E-state index contributed by atoms with van der Waals surface area (Å²) in [5.74, 6) is 0.458. The molecule has 0 saturated heterocycles. The summed E-state index contributed by atoms with van der Waals surface area (Å²) in [4.78, 5) is 22.1. The number of hydrogen-bond acceptors (Lipinski definition) is 5. The number of hydrogen-bond donors (Lipinski definition) is 2. The smallest absolute Gasteiger partial charge is 0.335 e. The van der Waals surface area contributed by atoms with Crippen LogP contribution in [0.15, 0.2) is 60.7 Å². The molecule has 0 atom stereocenters. The molecule has 0 amide bonds. The summed E-state index contributed by atoms with van der Waals surface area (Å²) < 4.78 is 0. The van der Waals surface area contributed by atoms with Gasteiger partial charge in [0.2, 0.25) is 0 Å². The Morgan fingerprint density at radius 1 is 1.04 bits per heavy atom. The number of carbonyl (C=O) groups is 1. The van der Waals surface area contributed by atoms with Gasteiger partial charge in [0.05, 0.1) is 10.9 Å². The molecular weight excluding hydrogens is 346 g/mol. The molecule has 2 N–H and O–H groups in total. The molecule has 0 spiro atoms. The molecule has 0 radical (unpaired) electrons. The molecule has 0 aliphatic carbocycles. The molecule has 6 heteroatoms. The fraction of sp³-hybridized carbons (Fsp3) is 0.0500. The minimum atomic E-state index is -0.942. The molecule has 0 aliphatic rings. The van der Waals surface area contributed by atoms with Crippen molar-refractivity contribution in [3.05, 3.63) is 72.1 Å². The van der Waals surface area contributed by atoms with E-state index in [-0.39, 0.29) is 5.56 Å². The standard InChI is InChI=1S/C20H15N3O2S/c1-12-21-18(23-15-9-7-14(8-10-15)20(24)25)16-11-17(26-19(16)22-12)13-5-3-2-4-6-13/h2-11H,1H3,(H,24,25)(H,21,22,23). The van der Waals surface area contributed by atoms with E-state index in [1.807, 2.05) is 25.1 Å². The van der Waals surface area contributed by atoms with Gasteiger partial charge in [-0.05, 0) is 42.8 Å². The molecule has 0 unspecified atom stereocenters. The summed E-state index contributed by atoms with van der Waals surface area (Å²) in [7, 11) is 0. The van der Waals surface area contributed by atoms with Gasteiger partial charge in [-0.3, -0.25) is 0 Å². The van der Waals surface area contributed by atoms with Crippen LogP contribution in [-0.4, -0.2) is 21.0 Å². The lowest BCUT2D eigenvalue weighted by Gasteiger charge is -2.07. The molecule has 2 heterocycles. The van der Waals surface area contributed by atoms with Crippen molar-refractivity contribution in [1.29, 1.82) is 0 Å². The second-order valence-electron chi connectivity index (χ2n) is 5.82. The van der Waals surface area contributed by atoms with Gasteiger partial charge in [0.15, 0.2) is 0 Å². The zero-order chi connectivity index (χ0) is 18.1. The van der Waals surface area contributed by atoms with E-state index < -0.39 is 5.97 Å². The SMILES string of the molecule is Cc1nc(Nc2ccc(C(=O)O)cc2)c2cc(-c3ccccc3)sc2n1. The molecule has 0 aliphatic heterocycles. The Labute approximate surface area is 154 Å². The first-order valence-electron chi connectivity index (χ1n) is 8.04. The zero-order valence-electron chi connectivity index (χ0n) is 13.9. The molecule has 2 aromatic carbocycles. The van der Waals surface area contributed by atoms with Crippen molar-refractivity contribution in [2.45, 2.75) is 6.92 Å². The minimum absolute atomic E-state index is 0.251. The monoisotopic (exact) mass is 361 g/mol. The maximum absolute atomic E-state index is 11.0. The van der Waals surface area contributed by atoms with Crippen LogP contribution in [0.2, 0.25) is 0 Å². The highest BCUT2D eigenvalue weighted by Gasteiger charge is 2.12. The molecule has 0 fully saturated rings. The number of aryl methyl sites for hydroxylation is 1. The molecule has 4 aromatic rings. The van der Waals surface area contributed by atoms with Crippen LogP contribution in [0.1, 0.15) is 16.2 Å². The summed E-state index contributed by atoms with van der Waals surface area (Å²) in [5, 5.41) is 13.2. The number of aromatic nitrogens is 2. The topological polar surface area (TPSA) is 75.1 Å². The molecule has 128 valence electrons. The van der Waals surface area contributed by atoms with Crippen molar-refractivity contribution in [2.75, 3.05) is 5.32 Å². The number of carboxylic acids is 1. The number of aromatic carboxylic acids is 1. The maximum Gasteiger partial charge on any atom is 0.335 e. The Kier molecular flexibility index (Phi) is 4.10. The summed E-state index contributed by atoms with van der Waals surface area (Å²) >= 11 is 1.63. The Hall–Kier alpha value is -3.25.